The Balaban J connectivity index is 2.98. The van der Waals surface area contributed by atoms with Crippen molar-refractivity contribution in [2.24, 2.45) is 0 Å². The zero-order chi connectivity index (χ0) is 13.1. The van der Waals surface area contributed by atoms with Gasteiger partial charge in [0, 0.05) is 12.1 Å². The highest BCUT2D eigenvalue weighted by Crippen LogP contribution is 2.25. The van der Waals surface area contributed by atoms with Crippen LogP contribution in [-0.2, 0) is 5.41 Å². The summed E-state index contributed by atoms with van der Waals surface area (Å²) in [6.45, 7) is 12.5. The molecule has 0 saturated heterocycles. The van der Waals surface area contributed by atoms with E-state index in [0.29, 0.717) is 6.54 Å². The van der Waals surface area contributed by atoms with Crippen molar-refractivity contribution in [3.05, 3.63) is 47.5 Å². The summed E-state index contributed by atoms with van der Waals surface area (Å²) < 4.78 is 0. The third kappa shape index (κ3) is 3.74. The minimum Gasteiger partial charge on any atom is -0.348 e. The van der Waals surface area contributed by atoms with Gasteiger partial charge in [0.2, 0.25) is 0 Å². The molecule has 0 unspecified atom stereocenters. The number of rotatable bonds is 3. The fourth-order valence-electron chi connectivity index (χ4n) is 1.66. The zero-order valence-corrected chi connectivity index (χ0v) is 11.1. The first-order valence-corrected chi connectivity index (χ1v) is 5.84. The topological polar surface area (TPSA) is 29.1 Å². The number of hydrogen-bond donors (Lipinski definition) is 1. The Morgan fingerprint density at radius 2 is 1.88 bits per heavy atom. The van der Waals surface area contributed by atoms with E-state index in [1.807, 2.05) is 31.2 Å². The molecule has 17 heavy (non-hydrogen) atoms. The van der Waals surface area contributed by atoms with E-state index in [0.717, 1.165) is 16.7 Å². The summed E-state index contributed by atoms with van der Waals surface area (Å²) in [5, 5.41) is 2.87. The molecular formula is C15H21NO. The summed E-state index contributed by atoms with van der Waals surface area (Å²) in [6, 6.07) is 7.74. The Morgan fingerprint density at radius 1 is 1.29 bits per heavy atom. The Hall–Kier alpha value is -1.57. The van der Waals surface area contributed by atoms with Gasteiger partial charge in [0.1, 0.15) is 0 Å². The van der Waals surface area contributed by atoms with Crippen molar-refractivity contribution in [2.75, 3.05) is 6.54 Å². The van der Waals surface area contributed by atoms with Crippen LogP contribution in [-0.4, -0.2) is 12.5 Å². The number of carbonyl (C=O) groups excluding carboxylic acids is 1. The highest BCUT2D eigenvalue weighted by Gasteiger charge is 2.20. The van der Waals surface area contributed by atoms with Gasteiger partial charge in [0.15, 0.2) is 0 Å². The number of nitrogens with one attached hydrogen (secondary N) is 1. The van der Waals surface area contributed by atoms with Crippen LogP contribution in [0.1, 0.15) is 43.6 Å². The standard InChI is InChI=1S/C15H21NO/c1-11(2)10-16-14(17)12-8-6-7-9-13(12)15(3,4)5/h6-9H,1,10H2,2-5H3,(H,16,17). The maximum Gasteiger partial charge on any atom is 0.251 e. The molecule has 0 bridgehead atoms. The molecule has 0 spiro atoms. The molecule has 0 aliphatic carbocycles. The molecule has 0 aromatic heterocycles. The molecule has 2 nitrogen and oxygen atoms in total. The highest BCUT2D eigenvalue weighted by atomic mass is 16.1. The van der Waals surface area contributed by atoms with Gasteiger partial charge in [-0.2, -0.15) is 0 Å². The molecule has 0 aliphatic heterocycles. The summed E-state index contributed by atoms with van der Waals surface area (Å²) in [7, 11) is 0. The first-order valence-electron chi connectivity index (χ1n) is 5.84. The molecule has 0 fully saturated rings. The summed E-state index contributed by atoms with van der Waals surface area (Å²) in [6.07, 6.45) is 0. The average Bonchev–Trinajstić information content (AvgIpc) is 2.24. The van der Waals surface area contributed by atoms with Crippen molar-refractivity contribution in [1.29, 1.82) is 0 Å². The predicted molar refractivity (Wildman–Crippen MR) is 72.3 cm³/mol. The molecule has 0 heterocycles. The Bertz CT molecular complexity index is 427. The molecule has 0 radical (unpaired) electrons. The summed E-state index contributed by atoms with van der Waals surface area (Å²) in [5.74, 6) is -0.0291. The van der Waals surface area contributed by atoms with Crippen LogP contribution in [0.15, 0.2) is 36.4 Å². The van der Waals surface area contributed by atoms with E-state index in [9.17, 15) is 4.79 Å². The normalized spacial score (nSPS) is 11.1. The number of benzene rings is 1. The molecule has 1 N–H and O–H groups in total. The van der Waals surface area contributed by atoms with Crippen molar-refractivity contribution in [2.45, 2.75) is 33.1 Å². The Morgan fingerprint density at radius 3 is 2.41 bits per heavy atom. The van der Waals surface area contributed by atoms with Gasteiger partial charge >= 0.3 is 0 Å². The third-order valence-corrected chi connectivity index (χ3v) is 2.53. The van der Waals surface area contributed by atoms with E-state index in [4.69, 9.17) is 0 Å². The monoisotopic (exact) mass is 231 g/mol. The average molecular weight is 231 g/mol. The van der Waals surface area contributed by atoms with Gasteiger partial charge in [-0.25, -0.2) is 0 Å². The van der Waals surface area contributed by atoms with Crippen LogP contribution >= 0.6 is 0 Å². The molecule has 1 rings (SSSR count). The second kappa shape index (κ2) is 5.17. The van der Waals surface area contributed by atoms with E-state index in [1.165, 1.54) is 0 Å². The van der Waals surface area contributed by atoms with E-state index < -0.39 is 0 Å². The summed E-state index contributed by atoms with van der Waals surface area (Å²) >= 11 is 0. The summed E-state index contributed by atoms with van der Waals surface area (Å²) in [4.78, 5) is 12.1. The minimum atomic E-state index is -0.0306. The van der Waals surface area contributed by atoms with Gasteiger partial charge < -0.3 is 5.32 Å². The molecule has 0 aliphatic rings. The number of hydrogen-bond acceptors (Lipinski definition) is 1. The van der Waals surface area contributed by atoms with Crippen LogP contribution < -0.4 is 5.32 Å². The van der Waals surface area contributed by atoms with Crippen molar-refractivity contribution < 1.29 is 4.79 Å². The van der Waals surface area contributed by atoms with Gasteiger partial charge in [0.05, 0.1) is 0 Å². The van der Waals surface area contributed by atoms with Crippen LogP contribution in [0.3, 0.4) is 0 Å². The second-order valence-corrected chi connectivity index (χ2v) is 5.44. The molecule has 0 atom stereocenters. The van der Waals surface area contributed by atoms with E-state index in [2.05, 4.69) is 32.7 Å². The first kappa shape index (κ1) is 13.5. The van der Waals surface area contributed by atoms with Gasteiger partial charge in [-0.05, 0) is 24.0 Å². The third-order valence-electron chi connectivity index (χ3n) is 2.53. The van der Waals surface area contributed by atoms with E-state index >= 15 is 0 Å². The van der Waals surface area contributed by atoms with Gasteiger partial charge in [-0.1, -0.05) is 51.1 Å². The lowest BCUT2D eigenvalue weighted by atomic mass is 9.83. The molecule has 1 aromatic rings. The SMILES string of the molecule is C=C(C)CNC(=O)c1ccccc1C(C)(C)C. The molecule has 1 aromatic carbocycles. The highest BCUT2D eigenvalue weighted by molar-refractivity contribution is 5.96. The van der Waals surface area contributed by atoms with Crippen LogP contribution in [0.5, 0.6) is 0 Å². The molecule has 0 saturated carbocycles. The zero-order valence-electron chi connectivity index (χ0n) is 11.1. The maximum atomic E-state index is 12.1. The van der Waals surface area contributed by atoms with Crippen LogP contribution in [0.2, 0.25) is 0 Å². The first-order chi connectivity index (χ1) is 7.82. The minimum absolute atomic E-state index is 0.0291. The Labute approximate surface area is 104 Å². The lowest BCUT2D eigenvalue weighted by Crippen LogP contribution is -2.28. The summed E-state index contributed by atoms with van der Waals surface area (Å²) in [5.41, 5.74) is 2.74. The number of carbonyl (C=O) groups is 1. The molecule has 2 heteroatoms. The van der Waals surface area contributed by atoms with E-state index in [1.54, 1.807) is 0 Å². The molecule has 92 valence electrons. The van der Waals surface area contributed by atoms with Crippen LogP contribution in [0.25, 0.3) is 0 Å². The smallest absolute Gasteiger partial charge is 0.251 e. The van der Waals surface area contributed by atoms with Crippen molar-refractivity contribution in [1.82, 2.24) is 5.32 Å². The van der Waals surface area contributed by atoms with Gasteiger partial charge in [0.25, 0.3) is 5.91 Å². The van der Waals surface area contributed by atoms with Crippen molar-refractivity contribution >= 4 is 5.91 Å². The maximum absolute atomic E-state index is 12.1. The van der Waals surface area contributed by atoms with Crippen LogP contribution in [0.4, 0.5) is 0 Å². The van der Waals surface area contributed by atoms with E-state index in [-0.39, 0.29) is 11.3 Å². The van der Waals surface area contributed by atoms with Crippen LogP contribution in [0, 0.1) is 0 Å². The second-order valence-electron chi connectivity index (χ2n) is 5.44. The van der Waals surface area contributed by atoms with Crippen molar-refractivity contribution in [3.8, 4) is 0 Å². The largest absolute Gasteiger partial charge is 0.348 e. The lowest BCUT2D eigenvalue weighted by molar-refractivity contribution is 0.0955. The fraction of sp³-hybridized carbons (Fsp3) is 0.400. The predicted octanol–water partition coefficient (Wildman–Crippen LogP) is 3.29. The molecule has 1 amide bonds. The lowest BCUT2D eigenvalue weighted by Gasteiger charge is -2.22. The number of amides is 1. The quantitative estimate of drug-likeness (QED) is 0.795. The Kier molecular flexibility index (Phi) is 4.11. The van der Waals surface area contributed by atoms with Gasteiger partial charge in [-0.15, -0.1) is 0 Å². The fourth-order valence-corrected chi connectivity index (χ4v) is 1.66. The molecular weight excluding hydrogens is 210 g/mol. The van der Waals surface area contributed by atoms with Crippen molar-refractivity contribution in [3.63, 3.8) is 0 Å². The van der Waals surface area contributed by atoms with Gasteiger partial charge in [-0.3, -0.25) is 4.79 Å².